The lowest BCUT2D eigenvalue weighted by molar-refractivity contribution is 0.101. The molecule has 0 saturated heterocycles. The Balaban J connectivity index is 2.10. The normalized spacial score (nSPS) is 10.7. The molecule has 7 heteroatoms. The molecule has 0 radical (unpaired) electrons. The van der Waals surface area contributed by atoms with Crippen molar-refractivity contribution >= 4 is 23.2 Å². The highest BCUT2D eigenvalue weighted by Gasteiger charge is 2.14. The Kier molecular flexibility index (Phi) is 4.80. The lowest BCUT2D eigenvalue weighted by atomic mass is 10.2. The summed E-state index contributed by atoms with van der Waals surface area (Å²) in [5.41, 5.74) is 0.560. The van der Waals surface area contributed by atoms with Crippen LogP contribution in [0, 0.1) is 0 Å². The van der Waals surface area contributed by atoms with Crippen molar-refractivity contribution in [1.29, 1.82) is 0 Å². The van der Waals surface area contributed by atoms with Crippen molar-refractivity contribution in [2.75, 3.05) is 11.9 Å². The maximum absolute atomic E-state index is 12.0. The molecule has 0 aliphatic heterocycles. The number of benzene rings is 1. The number of halogens is 1. The number of ether oxygens (including phenoxy) is 1. The molecule has 6 nitrogen and oxygen atoms in total. The van der Waals surface area contributed by atoms with E-state index in [0.717, 1.165) is 0 Å². The largest absolute Gasteiger partial charge is 0.492 e. The van der Waals surface area contributed by atoms with Crippen molar-refractivity contribution in [1.82, 2.24) is 15.2 Å². The van der Waals surface area contributed by atoms with Gasteiger partial charge in [0, 0.05) is 11.6 Å². The molecule has 0 aliphatic rings. The predicted molar refractivity (Wildman–Crippen MR) is 81.0 cm³/mol. The molecule has 0 atom stereocenters. The number of H-pyrrole nitrogens is 1. The molecule has 0 saturated carbocycles. The van der Waals surface area contributed by atoms with Crippen LogP contribution in [0.3, 0.4) is 0 Å². The second-order valence-corrected chi connectivity index (χ2v) is 5.14. The lowest BCUT2D eigenvalue weighted by Crippen LogP contribution is -2.14. The Bertz CT molecular complexity index is 640. The van der Waals surface area contributed by atoms with Gasteiger partial charge in [-0.2, -0.15) is 0 Å². The zero-order valence-corrected chi connectivity index (χ0v) is 12.9. The quantitative estimate of drug-likeness (QED) is 0.888. The van der Waals surface area contributed by atoms with Gasteiger partial charge in [-0.05, 0) is 25.1 Å². The van der Waals surface area contributed by atoms with Gasteiger partial charge in [-0.3, -0.25) is 9.89 Å². The first-order valence-corrected chi connectivity index (χ1v) is 7.05. The Labute approximate surface area is 127 Å². The minimum Gasteiger partial charge on any atom is -0.492 e. The molecular weight excluding hydrogens is 292 g/mol. The van der Waals surface area contributed by atoms with Crippen molar-refractivity contribution in [3.8, 4) is 5.75 Å². The maximum Gasteiger partial charge on any atom is 0.295 e. The molecule has 1 heterocycles. The molecule has 1 aromatic carbocycles. The number of aromatic nitrogens is 3. The van der Waals surface area contributed by atoms with E-state index in [-0.39, 0.29) is 11.7 Å². The van der Waals surface area contributed by atoms with Crippen LogP contribution in [0.5, 0.6) is 5.75 Å². The van der Waals surface area contributed by atoms with E-state index in [2.05, 4.69) is 20.5 Å². The van der Waals surface area contributed by atoms with Crippen molar-refractivity contribution in [3.05, 3.63) is 34.9 Å². The van der Waals surface area contributed by atoms with Crippen molar-refractivity contribution in [2.24, 2.45) is 0 Å². The number of rotatable bonds is 5. The van der Waals surface area contributed by atoms with E-state index in [1.54, 1.807) is 18.2 Å². The highest BCUT2D eigenvalue weighted by molar-refractivity contribution is 6.32. The fourth-order valence-electron chi connectivity index (χ4n) is 1.67. The smallest absolute Gasteiger partial charge is 0.295 e. The number of nitrogens with zero attached hydrogens (tertiary/aromatic N) is 2. The molecule has 0 aliphatic carbocycles. The molecule has 0 spiro atoms. The van der Waals surface area contributed by atoms with Crippen LogP contribution in [0.4, 0.5) is 5.69 Å². The fourth-order valence-corrected chi connectivity index (χ4v) is 1.91. The summed E-state index contributed by atoms with van der Waals surface area (Å²) in [5.74, 6) is 1.14. The van der Waals surface area contributed by atoms with Crippen LogP contribution in [0.2, 0.25) is 5.02 Å². The zero-order valence-electron chi connectivity index (χ0n) is 12.1. The van der Waals surface area contributed by atoms with Gasteiger partial charge >= 0.3 is 0 Å². The summed E-state index contributed by atoms with van der Waals surface area (Å²) in [6, 6.07) is 5.05. The standard InChI is InChI=1S/C14H17ClN4O2/c1-4-21-11-6-5-9(7-10(11)15)16-14(20)13-17-12(8(2)3)18-19-13/h5-8H,4H2,1-3H3,(H,16,20)(H,17,18,19). The molecule has 2 aromatic rings. The van der Waals surface area contributed by atoms with Crippen molar-refractivity contribution in [2.45, 2.75) is 26.7 Å². The predicted octanol–water partition coefficient (Wildman–Crippen LogP) is 3.23. The Morgan fingerprint density at radius 3 is 2.81 bits per heavy atom. The molecule has 2 N–H and O–H groups in total. The molecule has 0 fully saturated rings. The summed E-state index contributed by atoms with van der Waals surface area (Å²) >= 11 is 6.07. The minimum absolute atomic E-state index is 0.101. The van der Waals surface area contributed by atoms with Crippen LogP contribution >= 0.6 is 11.6 Å². The number of hydrogen-bond donors (Lipinski definition) is 2. The summed E-state index contributed by atoms with van der Waals surface area (Å²) in [6.07, 6.45) is 0. The molecule has 2 rings (SSSR count). The van der Waals surface area contributed by atoms with E-state index in [4.69, 9.17) is 16.3 Å². The molecule has 21 heavy (non-hydrogen) atoms. The zero-order chi connectivity index (χ0) is 15.4. The second kappa shape index (κ2) is 6.58. The number of anilines is 1. The fraction of sp³-hybridized carbons (Fsp3) is 0.357. The van der Waals surface area contributed by atoms with E-state index in [0.29, 0.717) is 28.9 Å². The Morgan fingerprint density at radius 1 is 1.48 bits per heavy atom. The SMILES string of the molecule is CCOc1ccc(NC(=O)c2n[nH]c(C(C)C)n2)cc1Cl. The van der Waals surface area contributed by atoms with Gasteiger partial charge < -0.3 is 10.1 Å². The molecule has 1 aromatic heterocycles. The number of aromatic amines is 1. The lowest BCUT2D eigenvalue weighted by Gasteiger charge is -2.08. The van der Waals surface area contributed by atoms with Gasteiger partial charge in [0.05, 0.1) is 11.6 Å². The van der Waals surface area contributed by atoms with E-state index in [1.165, 1.54) is 0 Å². The summed E-state index contributed by atoms with van der Waals surface area (Å²) in [5, 5.41) is 9.77. The van der Waals surface area contributed by atoms with Gasteiger partial charge in [0.2, 0.25) is 5.82 Å². The summed E-state index contributed by atoms with van der Waals surface area (Å²) in [6.45, 7) is 6.34. The second-order valence-electron chi connectivity index (χ2n) is 4.73. The number of carbonyl (C=O) groups is 1. The summed E-state index contributed by atoms with van der Waals surface area (Å²) in [7, 11) is 0. The van der Waals surface area contributed by atoms with Gasteiger partial charge in [0.25, 0.3) is 5.91 Å². The Hall–Kier alpha value is -2.08. The van der Waals surface area contributed by atoms with E-state index >= 15 is 0 Å². The van der Waals surface area contributed by atoms with E-state index in [9.17, 15) is 4.79 Å². The summed E-state index contributed by atoms with van der Waals surface area (Å²) < 4.78 is 5.34. The highest BCUT2D eigenvalue weighted by atomic mass is 35.5. The van der Waals surface area contributed by atoms with Crippen LogP contribution in [0.15, 0.2) is 18.2 Å². The average Bonchev–Trinajstić information content (AvgIpc) is 2.92. The molecule has 1 amide bonds. The maximum atomic E-state index is 12.0. The first-order chi connectivity index (χ1) is 10.0. The first-order valence-electron chi connectivity index (χ1n) is 6.67. The van der Waals surface area contributed by atoms with Crippen LogP contribution in [0.1, 0.15) is 43.1 Å². The topological polar surface area (TPSA) is 79.9 Å². The number of amides is 1. The first kappa shape index (κ1) is 15.3. The van der Waals surface area contributed by atoms with Crippen molar-refractivity contribution in [3.63, 3.8) is 0 Å². The van der Waals surface area contributed by atoms with Crippen LogP contribution in [0.25, 0.3) is 0 Å². The van der Waals surface area contributed by atoms with Gasteiger partial charge in [-0.25, -0.2) is 4.98 Å². The van der Waals surface area contributed by atoms with Gasteiger partial charge in [-0.1, -0.05) is 25.4 Å². The van der Waals surface area contributed by atoms with E-state index in [1.807, 2.05) is 20.8 Å². The van der Waals surface area contributed by atoms with Crippen molar-refractivity contribution < 1.29 is 9.53 Å². The number of hydrogen-bond acceptors (Lipinski definition) is 4. The highest BCUT2D eigenvalue weighted by Crippen LogP contribution is 2.27. The number of carbonyl (C=O) groups excluding carboxylic acids is 1. The van der Waals surface area contributed by atoms with Gasteiger partial charge in [0.15, 0.2) is 0 Å². The minimum atomic E-state index is -0.390. The third-order valence-electron chi connectivity index (χ3n) is 2.74. The monoisotopic (exact) mass is 308 g/mol. The molecule has 0 bridgehead atoms. The average molecular weight is 309 g/mol. The third-order valence-corrected chi connectivity index (χ3v) is 3.04. The summed E-state index contributed by atoms with van der Waals surface area (Å²) in [4.78, 5) is 16.2. The van der Waals surface area contributed by atoms with E-state index < -0.39 is 5.91 Å². The van der Waals surface area contributed by atoms with Gasteiger partial charge in [0.1, 0.15) is 11.6 Å². The molecule has 112 valence electrons. The molecule has 0 unspecified atom stereocenters. The third kappa shape index (κ3) is 3.72. The number of nitrogens with one attached hydrogen (secondary N) is 2. The molecular formula is C14H17ClN4O2. The van der Waals surface area contributed by atoms with Crippen LogP contribution in [-0.4, -0.2) is 27.7 Å². The van der Waals surface area contributed by atoms with Crippen LogP contribution < -0.4 is 10.1 Å². The van der Waals surface area contributed by atoms with Crippen LogP contribution in [-0.2, 0) is 0 Å². The Morgan fingerprint density at radius 2 is 2.24 bits per heavy atom. The van der Waals surface area contributed by atoms with Gasteiger partial charge in [-0.15, -0.1) is 5.10 Å².